The molecule has 0 bridgehead atoms. The van der Waals surface area contributed by atoms with Crippen LogP contribution < -0.4 is 14.8 Å². The van der Waals surface area contributed by atoms with Gasteiger partial charge >= 0.3 is 0 Å². The molecule has 0 aliphatic heterocycles. The molecular weight excluding hydrogens is 214 g/mol. The first-order valence-electron chi connectivity index (χ1n) is 6.26. The maximum atomic E-state index is 5.86. The van der Waals surface area contributed by atoms with Crippen LogP contribution in [0.5, 0.6) is 11.5 Å². The van der Waals surface area contributed by atoms with Crippen LogP contribution in [0.3, 0.4) is 0 Å². The highest BCUT2D eigenvalue weighted by molar-refractivity contribution is 5.46. The SMILES string of the molecule is COc1cccc(CNC2CC2)c1OC(C)C. The van der Waals surface area contributed by atoms with Crippen LogP contribution in [-0.2, 0) is 6.54 Å². The summed E-state index contributed by atoms with van der Waals surface area (Å²) in [6.45, 7) is 4.92. The van der Waals surface area contributed by atoms with Crippen molar-refractivity contribution in [2.75, 3.05) is 7.11 Å². The summed E-state index contributed by atoms with van der Waals surface area (Å²) >= 11 is 0. The lowest BCUT2D eigenvalue weighted by atomic mass is 10.1. The molecule has 0 unspecified atom stereocenters. The van der Waals surface area contributed by atoms with Gasteiger partial charge in [0.25, 0.3) is 0 Å². The van der Waals surface area contributed by atoms with Crippen LogP contribution in [0.15, 0.2) is 18.2 Å². The number of para-hydroxylation sites is 1. The summed E-state index contributed by atoms with van der Waals surface area (Å²) in [6.07, 6.45) is 2.75. The van der Waals surface area contributed by atoms with Gasteiger partial charge in [0.2, 0.25) is 0 Å². The van der Waals surface area contributed by atoms with E-state index >= 15 is 0 Å². The van der Waals surface area contributed by atoms with E-state index in [-0.39, 0.29) is 6.10 Å². The molecule has 0 aromatic heterocycles. The second kappa shape index (κ2) is 5.41. The van der Waals surface area contributed by atoms with Gasteiger partial charge in [0.15, 0.2) is 11.5 Å². The number of nitrogens with one attached hydrogen (secondary N) is 1. The van der Waals surface area contributed by atoms with Gasteiger partial charge in [-0.15, -0.1) is 0 Å². The van der Waals surface area contributed by atoms with Crippen molar-refractivity contribution in [2.45, 2.75) is 45.4 Å². The predicted molar refractivity (Wildman–Crippen MR) is 68.6 cm³/mol. The predicted octanol–water partition coefficient (Wildman–Crippen LogP) is 2.73. The van der Waals surface area contributed by atoms with Crippen molar-refractivity contribution in [3.63, 3.8) is 0 Å². The Morgan fingerprint density at radius 1 is 1.35 bits per heavy atom. The summed E-state index contributed by atoms with van der Waals surface area (Å²) in [4.78, 5) is 0. The van der Waals surface area contributed by atoms with E-state index in [2.05, 4.69) is 11.4 Å². The maximum Gasteiger partial charge on any atom is 0.166 e. The zero-order valence-electron chi connectivity index (χ0n) is 10.8. The molecule has 0 spiro atoms. The molecule has 0 amide bonds. The van der Waals surface area contributed by atoms with Crippen molar-refractivity contribution in [3.05, 3.63) is 23.8 Å². The average molecular weight is 235 g/mol. The molecule has 94 valence electrons. The zero-order valence-corrected chi connectivity index (χ0v) is 10.8. The number of rotatable bonds is 6. The van der Waals surface area contributed by atoms with E-state index in [0.717, 1.165) is 18.0 Å². The van der Waals surface area contributed by atoms with Gasteiger partial charge in [-0.2, -0.15) is 0 Å². The lowest BCUT2D eigenvalue weighted by Gasteiger charge is -2.17. The van der Waals surface area contributed by atoms with Gasteiger partial charge in [-0.25, -0.2) is 0 Å². The average Bonchev–Trinajstić information content (AvgIpc) is 3.10. The maximum absolute atomic E-state index is 5.86. The minimum absolute atomic E-state index is 0.158. The Kier molecular flexibility index (Phi) is 3.89. The van der Waals surface area contributed by atoms with E-state index in [9.17, 15) is 0 Å². The zero-order chi connectivity index (χ0) is 12.3. The minimum atomic E-state index is 0.158. The number of hydrogen-bond acceptors (Lipinski definition) is 3. The summed E-state index contributed by atoms with van der Waals surface area (Å²) < 4.78 is 11.2. The monoisotopic (exact) mass is 235 g/mol. The van der Waals surface area contributed by atoms with Crippen molar-refractivity contribution in [1.82, 2.24) is 5.32 Å². The summed E-state index contributed by atoms with van der Waals surface area (Å²) in [5, 5.41) is 3.50. The first-order chi connectivity index (χ1) is 8.20. The topological polar surface area (TPSA) is 30.5 Å². The third-order valence-electron chi connectivity index (χ3n) is 2.79. The highest BCUT2D eigenvalue weighted by atomic mass is 16.5. The van der Waals surface area contributed by atoms with E-state index in [1.807, 2.05) is 26.0 Å². The van der Waals surface area contributed by atoms with E-state index in [1.54, 1.807) is 7.11 Å². The van der Waals surface area contributed by atoms with E-state index in [0.29, 0.717) is 6.04 Å². The van der Waals surface area contributed by atoms with Gasteiger partial charge < -0.3 is 14.8 Å². The Hall–Kier alpha value is -1.22. The molecule has 3 nitrogen and oxygen atoms in total. The standard InChI is InChI=1S/C14H21NO2/c1-10(2)17-14-11(9-15-12-7-8-12)5-4-6-13(14)16-3/h4-6,10,12,15H,7-9H2,1-3H3. The minimum Gasteiger partial charge on any atom is -0.493 e. The highest BCUT2D eigenvalue weighted by Crippen LogP contribution is 2.32. The van der Waals surface area contributed by atoms with Crippen LogP contribution in [0.25, 0.3) is 0 Å². The van der Waals surface area contributed by atoms with Gasteiger partial charge in [-0.05, 0) is 32.8 Å². The van der Waals surface area contributed by atoms with Gasteiger partial charge in [0, 0.05) is 18.2 Å². The summed E-state index contributed by atoms with van der Waals surface area (Å²) in [7, 11) is 1.68. The van der Waals surface area contributed by atoms with Gasteiger partial charge in [0.05, 0.1) is 13.2 Å². The van der Waals surface area contributed by atoms with Crippen LogP contribution in [-0.4, -0.2) is 19.3 Å². The molecule has 0 heterocycles. The van der Waals surface area contributed by atoms with E-state index in [1.165, 1.54) is 18.4 Å². The molecule has 1 aromatic rings. The molecule has 0 saturated heterocycles. The van der Waals surface area contributed by atoms with Crippen LogP contribution >= 0.6 is 0 Å². The summed E-state index contributed by atoms with van der Waals surface area (Å²) in [6, 6.07) is 6.75. The summed E-state index contributed by atoms with van der Waals surface area (Å²) in [5.74, 6) is 1.69. The number of hydrogen-bond donors (Lipinski definition) is 1. The summed E-state index contributed by atoms with van der Waals surface area (Å²) in [5.41, 5.74) is 1.17. The molecule has 1 aliphatic carbocycles. The Balaban J connectivity index is 2.14. The Bertz CT molecular complexity index is 372. The fraction of sp³-hybridized carbons (Fsp3) is 0.571. The fourth-order valence-corrected chi connectivity index (χ4v) is 1.77. The third kappa shape index (κ3) is 3.37. The number of methoxy groups -OCH3 is 1. The van der Waals surface area contributed by atoms with Gasteiger partial charge in [-0.3, -0.25) is 0 Å². The van der Waals surface area contributed by atoms with E-state index in [4.69, 9.17) is 9.47 Å². The van der Waals surface area contributed by atoms with Crippen LogP contribution in [0.4, 0.5) is 0 Å². The van der Waals surface area contributed by atoms with Crippen molar-refractivity contribution in [1.29, 1.82) is 0 Å². The van der Waals surface area contributed by atoms with Crippen molar-refractivity contribution in [2.24, 2.45) is 0 Å². The first-order valence-corrected chi connectivity index (χ1v) is 6.26. The molecule has 1 aromatic carbocycles. The van der Waals surface area contributed by atoms with Gasteiger partial charge in [-0.1, -0.05) is 12.1 Å². The Labute approximate surface area is 103 Å². The molecular formula is C14H21NO2. The van der Waals surface area contributed by atoms with Crippen molar-refractivity contribution in [3.8, 4) is 11.5 Å². The van der Waals surface area contributed by atoms with Crippen LogP contribution in [0.1, 0.15) is 32.3 Å². The number of ether oxygens (including phenoxy) is 2. The molecule has 1 fully saturated rings. The first kappa shape index (κ1) is 12.2. The largest absolute Gasteiger partial charge is 0.493 e. The molecule has 2 rings (SSSR count). The normalized spacial score (nSPS) is 15.1. The quantitative estimate of drug-likeness (QED) is 0.822. The van der Waals surface area contributed by atoms with Crippen molar-refractivity contribution < 1.29 is 9.47 Å². The van der Waals surface area contributed by atoms with Gasteiger partial charge in [0.1, 0.15) is 0 Å². The van der Waals surface area contributed by atoms with Crippen molar-refractivity contribution >= 4 is 0 Å². The smallest absolute Gasteiger partial charge is 0.166 e. The van der Waals surface area contributed by atoms with Crippen LogP contribution in [0.2, 0.25) is 0 Å². The second-order valence-corrected chi connectivity index (χ2v) is 4.77. The van der Waals surface area contributed by atoms with Crippen LogP contribution in [0, 0.1) is 0 Å². The lowest BCUT2D eigenvalue weighted by molar-refractivity contribution is 0.227. The molecule has 1 aliphatic rings. The van der Waals surface area contributed by atoms with E-state index < -0.39 is 0 Å². The molecule has 0 radical (unpaired) electrons. The molecule has 1 saturated carbocycles. The fourth-order valence-electron chi connectivity index (χ4n) is 1.77. The second-order valence-electron chi connectivity index (χ2n) is 4.77. The molecule has 1 N–H and O–H groups in total. The lowest BCUT2D eigenvalue weighted by Crippen LogP contribution is -2.17. The highest BCUT2D eigenvalue weighted by Gasteiger charge is 2.21. The molecule has 3 heteroatoms. The number of benzene rings is 1. The Morgan fingerprint density at radius 2 is 2.12 bits per heavy atom. The molecule has 17 heavy (non-hydrogen) atoms. The Morgan fingerprint density at radius 3 is 2.71 bits per heavy atom. The molecule has 0 atom stereocenters. The third-order valence-corrected chi connectivity index (χ3v) is 2.79.